The Hall–Kier alpha value is -3.33. The monoisotopic (exact) mass is 408 g/mol. The molecule has 8 nitrogen and oxygen atoms in total. The van der Waals surface area contributed by atoms with Gasteiger partial charge in [0.05, 0.1) is 15.9 Å². The number of thiazole rings is 1. The standard InChI is InChI=1S/C20H20N6O2S/c1-11-9-12(2)26(24-11)20-21-14(4)13(3)18(28)25(20)10-17(27)23-19-22-15-7-5-6-8-16(15)29-19/h5-9H,10H2,1-4H3,(H,22,23,27). The van der Waals surface area contributed by atoms with E-state index < -0.39 is 0 Å². The molecule has 9 heteroatoms. The smallest absolute Gasteiger partial charge is 0.258 e. The summed E-state index contributed by atoms with van der Waals surface area (Å²) in [5.74, 6) is -0.0258. The highest BCUT2D eigenvalue weighted by Crippen LogP contribution is 2.25. The molecule has 4 rings (SSSR count). The Morgan fingerprint density at radius 3 is 2.59 bits per heavy atom. The van der Waals surface area contributed by atoms with Gasteiger partial charge in [-0.3, -0.25) is 14.2 Å². The lowest BCUT2D eigenvalue weighted by molar-refractivity contribution is -0.116. The number of benzene rings is 1. The molecule has 1 N–H and O–H groups in total. The first kappa shape index (κ1) is 19.0. The molecular weight excluding hydrogens is 388 g/mol. The van der Waals surface area contributed by atoms with Crippen LogP contribution in [0.15, 0.2) is 35.1 Å². The number of nitrogens with zero attached hydrogens (tertiary/aromatic N) is 5. The molecule has 0 fully saturated rings. The Morgan fingerprint density at radius 1 is 1.14 bits per heavy atom. The van der Waals surface area contributed by atoms with Gasteiger partial charge in [-0.15, -0.1) is 0 Å². The fraction of sp³-hybridized carbons (Fsp3) is 0.250. The molecule has 0 atom stereocenters. The van der Waals surface area contributed by atoms with Crippen molar-refractivity contribution in [2.45, 2.75) is 34.2 Å². The van der Waals surface area contributed by atoms with Gasteiger partial charge in [0.2, 0.25) is 11.9 Å². The lowest BCUT2D eigenvalue weighted by Gasteiger charge is -2.14. The predicted molar refractivity (Wildman–Crippen MR) is 113 cm³/mol. The third-order valence-electron chi connectivity index (χ3n) is 4.66. The van der Waals surface area contributed by atoms with Crippen molar-refractivity contribution in [2.75, 3.05) is 5.32 Å². The van der Waals surface area contributed by atoms with Gasteiger partial charge >= 0.3 is 0 Å². The fourth-order valence-electron chi connectivity index (χ4n) is 3.11. The van der Waals surface area contributed by atoms with Crippen LogP contribution in [0.1, 0.15) is 22.6 Å². The van der Waals surface area contributed by atoms with E-state index in [0.29, 0.717) is 22.3 Å². The van der Waals surface area contributed by atoms with Crippen LogP contribution >= 0.6 is 11.3 Å². The minimum absolute atomic E-state index is 0.184. The summed E-state index contributed by atoms with van der Waals surface area (Å²) in [6.45, 7) is 7.05. The SMILES string of the molecule is Cc1cc(C)n(-c2nc(C)c(C)c(=O)n2CC(=O)Nc2nc3ccccc3s2)n1. The van der Waals surface area contributed by atoms with E-state index in [2.05, 4.69) is 20.4 Å². The quantitative estimate of drug-likeness (QED) is 0.560. The number of hydrogen-bond acceptors (Lipinski definition) is 6. The summed E-state index contributed by atoms with van der Waals surface area (Å²) in [5.41, 5.74) is 3.31. The van der Waals surface area contributed by atoms with Gasteiger partial charge in [0, 0.05) is 17.0 Å². The van der Waals surface area contributed by atoms with Gasteiger partial charge in [-0.2, -0.15) is 5.10 Å². The summed E-state index contributed by atoms with van der Waals surface area (Å²) in [7, 11) is 0. The number of anilines is 1. The van der Waals surface area contributed by atoms with Crippen molar-refractivity contribution in [1.29, 1.82) is 0 Å². The number of fused-ring (bicyclic) bond motifs is 1. The molecule has 3 aromatic heterocycles. The molecule has 0 aliphatic heterocycles. The average molecular weight is 408 g/mol. The van der Waals surface area contributed by atoms with Gasteiger partial charge in [0.25, 0.3) is 5.56 Å². The number of carbonyl (C=O) groups is 1. The molecule has 1 aromatic carbocycles. The first-order valence-electron chi connectivity index (χ1n) is 9.10. The maximum absolute atomic E-state index is 12.9. The Kier molecular flexibility index (Phi) is 4.75. The zero-order valence-corrected chi connectivity index (χ0v) is 17.4. The molecule has 0 aliphatic carbocycles. The Balaban J connectivity index is 1.70. The van der Waals surface area contributed by atoms with E-state index in [4.69, 9.17) is 0 Å². The summed E-state index contributed by atoms with van der Waals surface area (Å²) in [6.07, 6.45) is 0. The second-order valence-electron chi connectivity index (χ2n) is 6.89. The Labute approximate surface area is 170 Å². The number of para-hydroxylation sites is 1. The zero-order valence-electron chi connectivity index (χ0n) is 16.6. The van der Waals surface area contributed by atoms with Crippen LogP contribution in [0, 0.1) is 27.7 Å². The normalized spacial score (nSPS) is 11.2. The minimum atomic E-state index is -0.348. The van der Waals surface area contributed by atoms with Gasteiger partial charge in [-0.1, -0.05) is 23.5 Å². The molecule has 148 valence electrons. The maximum Gasteiger partial charge on any atom is 0.258 e. The highest BCUT2D eigenvalue weighted by molar-refractivity contribution is 7.22. The van der Waals surface area contributed by atoms with Crippen LogP contribution < -0.4 is 10.9 Å². The number of carbonyl (C=O) groups excluding carboxylic acids is 1. The number of aryl methyl sites for hydroxylation is 3. The van der Waals surface area contributed by atoms with Crippen LogP contribution in [0.5, 0.6) is 0 Å². The van der Waals surface area contributed by atoms with Crippen molar-refractivity contribution in [2.24, 2.45) is 0 Å². The maximum atomic E-state index is 12.9. The molecule has 29 heavy (non-hydrogen) atoms. The van der Waals surface area contributed by atoms with Crippen LogP contribution in [-0.4, -0.2) is 30.2 Å². The van der Waals surface area contributed by atoms with Crippen LogP contribution in [0.2, 0.25) is 0 Å². The molecule has 0 saturated heterocycles. The Bertz CT molecular complexity index is 1270. The second-order valence-corrected chi connectivity index (χ2v) is 7.92. The first-order chi connectivity index (χ1) is 13.8. The lowest BCUT2D eigenvalue weighted by Crippen LogP contribution is -2.33. The third-order valence-corrected chi connectivity index (χ3v) is 5.61. The van der Waals surface area contributed by atoms with Crippen LogP contribution in [0.25, 0.3) is 16.2 Å². The van der Waals surface area contributed by atoms with E-state index in [0.717, 1.165) is 21.6 Å². The number of nitrogens with one attached hydrogen (secondary N) is 1. The molecular formula is C20H20N6O2S. The van der Waals surface area contributed by atoms with Crippen LogP contribution in [0.4, 0.5) is 5.13 Å². The zero-order chi connectivity index (χ0) is 20.7. The van der Waals surface area contributed by atoms with Crippen LogP contribution in [-0.2, 0) is 11.3 Å². The van der Waals surface area contributed by atoms with Gasteiger partial charge < -0.3 is 5.32 Å². The number of rotatable bonds is 4. The van der Waals surface area contributed by atoms with Crippen molar-refractivity contribution in [3.8, 4) is 5.95 Å². The van der Waals surface area contributed by atoms with Crippen molar-refractivity contribution in [1.82, 2.24) is 24.3 Å². The summed E-state index contributed by atoms with van der Waals surface area (Å²) in [6, 6.07) is 9.55. The van der Waals surface area contributed by atoms with Crippen molar-refractivity contribution in [3.05, 3.63) is 63.3 Å². The van der Waals surface area contributed by atoms with Crippen molar-refractivity contribution < 1.29 is 4.79 Å². The van der Waals surface area contributed by atoms with Gasteiger partial charge in [0.15, 0.2) is 5.13 Å². The third kappa shape index (κ3) is 3.56. The van der Waals surface area contributed by atoms with E-state index in [-0.39, 0.29) is 18.0 Å². The van der Waals surface area contributed by atoms with E-state index >= 15 is 0 Å². The van der Waals surface area contributed by atoms with E-state index in [1.165, 1.54) is 15.9 Å². The van der Waals surface area contributed by atoms with Crippen molar-refractivity contribution in [3.63, 3.8) is 0 Å². The number of aromatic nitrogens is 5. The molecule has 4 aromatic rings. The average Bonchev–Trinajstić information content (AvgIpc) is 3.23. The fourth-order valence-corrected chi connectivity index (χ4v) is 3.99. The molecule has 0 spiro atoms. The minimum Gasteiger partial charge on any atom is -0.300 e. The first-order valence-corrected chi connectivity index (χ1v) is 9.92. The molecule has 1 amide bonds. The lowest BCUT2D eigenvalue weighted by atomic mass is 10.2. The predicted octanol–water partition coefficient (Wildman–Crippen LogP) is 2.91. The van der Waals surface area contributed by atoms with Gasteiger partial charge in [-0.25, -0.2) is 14.6 Å². The van der Waals surface area contributed by atoms with Gasteiger partial charge in [0.1, 0.15) is 6.54 Å². The summed E-state index contributed by atoms with van der Waals surface area (Å²) < 4.78 is 3.93. The topological polar surface area (TPSA) is 94.7 Å². The van der Waals surface area contributed by atoms with E-state index in [1.54, 1.807) is 18.5 Å². The molecule has 0 bridgehead atoms. The van der Waals surface area contributed by atoms with E-state index in [1.807, 2.05) is 44.2 Å². The molecule has 3 heterocycles. The summed E-state index contributed by atoms with van der Waals surface area (Å²) in [4.78, 5) is 34.6. The molecule has 0 unspecified atom stereocenters. The largest absolute Gasteiger partial charge is 0.300 e. The van der Waals surface area contributed by atoms with E-state index in [9.17, 15) is 9.59 Å². The van der Waals surface area contributed by atoms with Crippen molar-refractivity contribution >= 4 is 32.6 Å². The molecule has 0 radical (unpaired) electrons. The molecule has 0 aliphatic rings. The second kappa shape index (κ2) is 7.25. The Morgan fingerprint density at radius 2 is 1.90 bits per heavy atom. The summed E-state index contributed by atoms with van der Waals surface area (Å²) in [5, 5.41) is 7.71. The summed E-state index contributed by atoms with van der Waals surface area (Å²) >= 11 is 1.39. The highest BCUT2D eigenvalue weighted by atomic mass is 32.1. The molecule has 0 saturated carbocycles. The highest BCUT2D eigenvalue weighted by Gasteiger charge is 2.18. The van der Waals surface area contributed by atoms with Crippen LogP contribution in [0.3, 0.4) is 0 Å². The van der Waals surface area contributed by atoms with Gasteiger partial charge in [-0.05, 0) is 45.9 Å². The number of amides is 1. The number of hydrogen-bond donors (Lipinski definition) is 1.